The maximum absolute atomic E-state index is 6.34. The molecule has 4 aliphatic heterocycles. The minimum atomic E-state index is 0.323. The molecule has 3 N–H and O–H groups in total. The number of methoxy groups -OCH3 is 1. The predicted molar refractivity (Wildman–Crippen MR) is 172 cm³/mol. The van der Waals surface area contributed by atoms with Gasteiger partial charge < -0.3 is 30.3 Å². The van der Waals surface area contributed by atoms with E-state index in [2.05, 4.69) is 57.2 Å². The number of benzene rings is 1. The van der Waals surface area contributed by atoms with Gasteiger partial charge in [-0.15, -0.1) is 0 Å². The van der Waals surface area contributed by atoms with Gasteiger partial charge in [-0.05, 0) is 69.7 Å². The second-order valence-corrected chi connectivity index (χ2v) is 12.8. The number of nitrogens with two attached hydrogens (primary N) is 1. The second-order valence-electron chi connectivity index (χ2n) is 12.8. The number of fused-ring (bicyclic) bond motifs is 3. The highest BCUT2D eigenvalue weighted by atomic mass is 16.5. The second kappa shape index (κ2) is 12.1. The van der Waals surface area contributed by atoms with Crippen molar-refractivity contribution in [3.63, 3.8) is 0 Å². The average Bonchev–Trinajstić information content (AvgIpc) is 3.31. The summed E-state index contributed by atoms with van der Waals surface area (Å²) in [4.78, 5) is 22.5. The highest BCUT2D eigenvalue weighted by molar-refractivity contribution is 5.97. The quantitative estimate of drug-likeness (QED) is 0.419. The summed E-state index contributed by atoms with van der Waals surface area (Å²) in [7, 11) is 4.04. The lowest BCUT2D eigenvalue weighted by molar-refractivity contribution is 0.0348. The molecule has 230 valence electrons. The molecule has 4 saturated heterocycles. The summed E-state index contributed by atoms with van der Waals surface area (Å²) in [5.74, 6) is 2.10. The summed E-state index contributed by atoms with van der Waals surface area (Å²) in [6.07, 6.45) is 9.61. The van der Waals surface area contributed by atoms with E-state index in [1.165, 1.54) is 38.8 Å². The molecule has 6 heterocycles. The Morgan fingerprint density at radius 3 is 2.42 bits per heavy atom. The fourth-order valence-corrected chi connectivity index (χ4v) is 7.96. The van der Waals surface area contributed by atoms with Crippen molar-refractivity contribution in [2.75, 3.05) is 69.5 Å². The number of likely N-dealkylation sites (N-methyl/N-ethyl adjacent to an activating group) is 1. The number of nitrogens with one attached hydrogen (secondary N) is 1. The molecule has 1 aromatic carbocycles. The molecular formula is C33H46N8O2. The molecule has 2 bridgehead atoms. The van der Waals surface area contributed by atoms with E-state index in [9.17, 15) is 0 Å². The maximum Gasteiger partial charge on any atom is 0.151 e. The van der Waals surface area contributed by atoms with E-state index in [0.717, 1.165) is 97.2 Å². The Morgan fingerprint density at radius 1 is 0.977 bits per heavy atom. The zero-order valence-electron chi connectivity index (χ0n) is 25.9. The van der Waals surface area contributed by atoms with Crippen LogP contribution >= 0.6 is 0 Å². The number of hydrogen-bond acceptors (Lipinski definition) is 10. The summed E-state index contributed by atoms with van der Waals surface area (Å²) in [6, 6.07) is 8.97. The monoisotopic (exact) mass is 586 g/mol. The average molecular weight is 587 g/mol. The molecule has 4 fully saturated rings. The van der Waals surface area contributed by atoms with E-state index < -0.39 is 0 Å². The van der Waals surface area contributed by atoms with Crippen molar-refractivity contribution >= 4 is 28.4 Å². The fourth-order valence-electron chi connectivity index (χ4n) is 7.96. The molecule has 0 spiro atoms. The number of anilines is 3. The van der Waals surface area contributed by atoms with Gasteiger partial charge in [-0.3, -0.25) is 4.90 Å². The number of rotatable bonds is 7. The van der Waals surface area contributed by atoms with Crippen molar-refractivity contribution < 1.29 is 9.47 Å². The van der Waals surface area contributed by atoms with E-state index in [0.29, 0.717) is 23.4 Å². The third-order valence-corrected chi connectivity index (χ3v) is 10.1. The van der Waals surface area contributed by atoms with Crippen molar-refractivity contribution in [2.45, 2.75) is 76.0 Å². The molecule has 0 amide bonds. The van der Waals surface area contributed by atoms with E-state index in [1.54, 1.807) is 7.11 Å². The lowest BCUT2D eigenvalue weighted by atomic mass is 9.98. The Bertz CT molecular complexity index is 1440. The first-order chi connectivity index (χ1) is 21.0. The molecule has 0 saturated carbocycles. The molecule has 0 radical (unpaired) electrons. The van der Waals surface area contributed by atoms with Crippen LogP contribution in [0.4, 0.5) is 17.3 Å². The summed E-state index contributed by atoms with van der Waals surface area (Å²) >= 11 is 0. The first-order valence-electron chi connectivity index (χ1n) is 16.2. The number of aryl methyl sites for hydroxylation is 1. The summed E-state index contributed by atoms with van der Waals surface area (Å²) in [5, 5.41) is 3.65. The van der Waals surface area contributed by atoms with Gasteiger partial charge in [0.1, 0.15) is 22.6 Å². The van der Waals surface area contributed by atoms with E-state index >= 15 is 0 Å². The van der Waals surface area contributed by atoms with Crippen molar-refractivity contribution in [3.8, 4) is 16.9 Å². The van der Waals surface area contributed by atoms with Gasteiger partial charge in [0.05, 0.1) is 18.5 Å². The van der Waals surface area contributed by atoms with Crippen LogP contribution in [0, 0.1) is 0 Å². The highest BCUT2D eigenvalue weighted by Gasteiger charge is 2.43. The molecule has 4 aliphatic rings. The largest absolute Gasteiger partial charge is 0.495 e. The molecule has 7 rings (SSSR count). The van der Waals surface area contributed by atoms with Gasteiger partial charge in [0.15, 0.2) is 5.82 Å². The molecule has 43 heavy (non-hydrogen) atoms. The first-order valence-corrected chi connectivity index (χ1v) is 16.2. The Morgan fingerprint density at radius 2 is 1.72 bits per heavy atom. The number of piperidine rings is 1. The van der Waals surface area contributed by atoms with Crippen LogP contribution in [-0.4, -0.2) is 102 Å². The van der Waals surface area contributed by atoms with Crippen LogP contribution in [0.1, 0.15) is 51.1 Å². The lowest BCUT2D eigenvalue weighted by Gasteiger charge is -2.47. The molecule has 2 atom stereocenters. The molecule has 0 aliphatic carbocycles. The van der Waals surface area contributed by atoms with Gasteiger partial charge in [0, 0.05) is 75.3 Å². The third-order valence-electron chi connectivity index (χ3n) is 10.1. The van der Waals surface area contributed by atoms with Crippen LogP contribution in [0.3, 0.4) is 0 Å². The molecular weight excluding hydrogens is 540 g/mol. The molecule has 3 aromatic rings. The number of hydrogen-bond donors (Lipinski definition) is 2. The maximum atomic E-state index is 6.34. The topological polar surface area (TPSA) is 105 Å². The minimum Gasteiger partial charge on any atom is -0.495 e. The number of ether oxygens (including phenoxy) is 2. The molecule has 2 unspecified atom stereocenters. The number of pyridine rings is 1. The van der Waals surface area contributed by atoms with Crippen molar-refractivity contribution in [1.82, 2.24) is 24.8 Å². The first kappa shape index (κ1) is 28.6. The molecule has 10 nitrogen and oxygen atoms in total. The van der Waals surface area contributed by atoms with Crippen LogP contribution in [0.5, 0.6) is 5.75 Å². The third kappa shape index (κ3) is 5.49. The Kier molecular flexibility index (Phi) is 8.00. The Labute approximate surface area is 255 Å². The Balaban J connectivity index is 1.14. The van der Waals surface area contributed by atoms with Crippen LogP contribution in [0.15, 0.2) is 24.4 Å². The summed E-state index contributed by atoms with van der Waals surface area (Å²) in [6.45, 7) is 8.16. The van der Waals surface area contributed by atoms with Gasteiger partial charge in [-0.25, -0.2) is 15.0 Å². The number of nitrogens with zero attached hydrogens (tertiary/aromatic N) is 6. The normalized spacial score (nSPS) is 24.1. The van der Waals surface area contributed by atoms with Crippen LogP contribution < -0.4 is 20.7 Å². The van der Waals surface area contributed by atoms with Gasteiger partial charge in [0.2, 0.25) is 0 Å². The van der Waals surface area contributed by atoms with Crippen molar-refractivity contribution in [3.05, 3.63) is 30.1 Å². The van der Waals surface area contributed by atoms with E-state index in [1.807, 2.05) is 6.20 Å². The predicted octanol–water partition coefficient (Wildman–Crippen LogP) is 4.18. The smallest absolute Gasteiger partial charge is 0.151 e. The van der Waals surface area contributed by atoms with Gasteiger partial charge in [-0.2, -0.15) is 0 Å². The van der Waals surface area contributed by atoms with Gasteiger partial charge in [0.25, 0.3) is 0 Å². The zero-order chi connectivity index (χ0) is 29.5. The van der Waals surface area contributed by atoms with Gasteiger partial charge >= 0.3 is 0 Å². The lowest BCUT2D eigenvalue weighted by Crippen LogP contribution is -2.58. The van der Waals surface area contributed by atoms with Crippen LogP contribution in [-0.2, 0) is 11.2 Å². The van der Waals surface area contributed by atoms with Crippen LogP contribution in [0.25, 0.3) is 22.2 Å². The summed E-state index contributed by atoms with van der Waals surface area (Å²) in [5.41, 5.74) is 11.7. The number of aromatic nitrogens is 3. The number of piperazine rings is 1. The Hall–Kier alpha value is -3.21. The van der Waals surface area contributed by atoms with Crippen molar-refractivity contribution in [1.29, 1.82) is 0 Å². The minimum absolute atomic E-state index is 0.323. The molecule has 10 heteroatoms. The van der Waals surface area contributed by atoms with Gasteiger partial charge in [-0.1, -0.05) is 13.0 Å². The number of likely N-dealkylation sites (tertiary alicyclic amines) is 1. The SMILES string of the molecule is CCc1nc2c(N)ncc(-c3ccc(N4CCC(N5C6CCC5CN(C)C6)CC4)c(OC)c3)c2nc1NC1CCOCC1. The molecule has 2 aromatic heterocycles. The zero-order valence-corrected chi connectivity index (χ0v) is 25.9. The highest BCUT2D eigenvalue weighted by Crippen LogP contribution is 2.39. The fraction of sp³-hybridized carbons (Fsp3) is 0.606. The summed E-state index contributed by atoms with van der Waals surface area (Å²) < 4.78 is 11.6. The number of nitrogen functional groups attached to an aromatic ring is 1. The van der Waals surface area contributed by atoms with E-state index in [4.69, 9.17) is 25.2 Å². The van der Waals surface area contributed by atoms with E-state index in [-0.39, 0.29) is 0 Å². The van der Waals surface area contributed by atoms with Crippen molar-refractivity contribution in [2.24, 2.45) is 0 Å². The standard InChI is InChI=1S/C33H46N8O2/c1-4-27-33(36-22-11-15-43-16-12-22)38-30-26(18-35-32(34)31(30)37-27)21-5-8-28(29(17-21)42-3)40-13-9-23(10-14-40)41-24-6-7-25(41)20-39(2)19-24/h5,8,17-18,22-25H,4,6-7,9-16,19-20H2,1-3H3,(H2,34,35)(H,36,38). The van der Waals surface area contributed by atoms with Crippen LogP contribution in [0.2, 0.25) is 0 Å².